The van der Waals surface area contributed by atoms with Crippen molar-refractivity contribution in [2.45, 2.75) is 6.92 Å². The minimum atomic E-state index is 0.593. The highest BCUT2D eigenvalue weighted by molar-refractivity contribution is 5.71. The summed E-state index contributed by atoms with van der Waals surface area (Å²) in [5.41, 5.74) is 1.44. The van der Waals surface area contributed by atoms with Crippen molar-refractivity contribution in [3.63, 3.8) is 0 Å². The first-order valence-corrected chi connectivity index (χ1v) is 4.61. The van der Waals surface area contributed by atoms with Gasteiger partial charge in [0.1, 0.15) is 11.3 Å². The summed E-state index contributed by atoms with van der Waals surface area (Å²) >= 11 is 0. The predicted molar refractivity (Wildman–Crippen MR) is 59.3 cm³/mol. The molecule has 0 saturated carbocycles. The third kappa shape index (κ3) is 2.20. The van der Waals surface area contributed by atoms with Crippen molar-refractivity contribution in [2.24, 2.45) is 0 Å². The standard InChI is InChI=1S/C11H10N4/c1-2-3-6-13-10-5-4-9-11(15-10)14-8-7-12-9/h4-5,7-8H,6H2,1H3,(H,13,14,15). The minimum absolute atomic E-state index is 0.593. The number of anilines is 1. The number of rotatable bonds is 2. The fourth-order valence-corrected chi connectivity index (χ4v) is 1.18. The van der Waals surface area contributed by atoms with Gasteiger partial charge in [-0.3, -0.25) is 4.98 Å². The molecule has 0 unspecified atom stereocenters. The second kappa shape index (κ2) is 4.38. The predicted octanol–water partition coefficient (Wildman–Crippen LogP) is 1.46. The largest absolute Gasteiger partial charge is 0.359 e. The van der Waals surface area contributed by atoms with Crippen LogP contribution in [0.2, 0.25) is 0 Å². The van der Waals surface area contributed by atoms with E-state index in [1.54, 1.807) is 19.3 Å². The molecular formula is C11H10N4. The van der Waals surface area contributed by atoms with Gasteiger partial charge in [-0.15, -0.1) is 5.92 Å². The number of hydrogen-bond donors (Lipinski definition) is 1. The zero-order valence-electron chi connectivity index (χ0n) is 8.36. The first-order valence-electron chi connectivity index (χ1n) is 4.61. The molecular weight excluding hydrogens is 188 g/mol. The minimum Gasteiger partial charge on any atom is -0.359 e. The molecule has 2 aromatic rings. The molecule has 0 aliphatic rings. The van der Waals surface area contributed by atoms with E-state index in [2.05, 4.69) is 32.1 Å². The van der Waals surface area contributed by atoms with Gasteiger partial charge in [0.15, 0.2) is 5.65 Å². The van der Waals surface area contributed by atoms with Crippen LogP contribution in [-0.4, -0.2) is 21.5 Å². The lowest BCUT2D eigenvalue weighted by atomic mass is 10.4. The van der Waals surface area contributed by atoms with Gasteiger partial charge in [0.25, 0.3) is 0 Å². The molecule has 2 aromatic heterocycles. The van der Waals surface area contributed by atoms with E-state index in [9.17, 15) is 0 Å². The Balaban J connectivity index is 2.25. The SMILES string of the molecule is CC#CCNc1ccc2nccnc2n1. The number of nitrogens with one attached hydrogen (secondary N) is 1. The molecule has 1 N–H and O–H groups in total. The molecule has 0 radical (unpaired) electrons. The molecule has 2 heterocycles. The van der Waals surface area contributed by atoms with Crippen LogP contribution in [0.1, 0.15) is 6.92 Å². The van der Waals surface area contributed by atoms with Crippen LogP contribution < -0.4 is 5.32 Å². The average Bonchev–Trinajstić information content (AvgIpc) is 2.29. The van der Waals surface area contributed by atoms with Gasteiger partial charge in [0.05, 0.1) is 6.54 Å². The van der Waals surface area contributed by atoms with Crippen molar-refractivity contribution in [3.05, 3.63) is 24.5 Å². The molecule has 15 heavy (non-hydrogen) atoms. The van der Waals surface area contributed by atoms with Crippen LogP contribution in [0.15, 0.2) is 24.5 Å². The van der Waals surface area contributed by atoms with E-state index in [-0.39, 0.29) is 0 Å². The Morgan fingerprint density at radius 3 is 3.00 bits per heavy atom. The third-order valence-corrected chi connectivity index (χ3v) is 1.87. The van der Waals surface area contributed by atoms with Crippen LogP contribution in [0.5, 0.6) is 0 Å². The van der Waals surface area contributed by atoms with Crippen LogP contribution in [0, 0.1) is 11.8 Å². The maximum atomic E-state index is 4.29. The molecule has 0 bridgehead atoms. The Bertz CT molecular complexity index is 525. The lowest BCUT2D eigenvalue weighted by Crippen LogP contribution is -2.01. The van der Waals surface area contributed by atoms with E-state index >= 15 is 0 Å². The van der Waals surface area contributed by atoms with Gasteiger partial charge in [0, 0.05) is 12.4 Å². The van der Waals surface area contributed by atoms with E-state index in [4.69, 9.17) is 0 Å². The van der Waals surface area contributed by atoms with Gasteiger partial charge in [-0.1, -0.05) is 5.92 Å². The first-order chi connectivity index (χ1) is 7.40. The fourth-order valence-electron chi connectivity index (χ4n) is 1.18. The maximum absolute atomic E-state index is 4.29. The average molecular weight is 198 g/mol. The number of aromatic nitrogens is 3. The van der Waals surface area contributed by atoms with Crippen LogP contribution in [-0.2, 0) is 0 Å². The molecule has 0 fully saturated rings. The van der Waals surface area contributed by atoms with Crippen molar-refractivity contribution < 1.29 is 0 Å². The van der Waals surface area contributed by atoms with E-state index in [0.717, 1.165) is 11.3 Å². The molecule has 0 saturated heterocycles. The number of fused-ring (bicyclic) bond motifs is 1. The Morgan fingerprint density at radius 2 is 2.13 bits per heavy atom. The van der Waals surface area contributed by atoms with E-state index in [1.165, 1.54) is 0 Å². The zero-order chi connectivity index (χ0) is 10.5. The molecule has 4 nitrogen and oxygen atoms in total. The molecule has 0 atom stereocenters. The number of pyridine rings is 1. The summed E-state index contributed by atoms with van der Waals surface area (Å²) in [4.78, 5) is 12.6. The number of hydrogen-bond acceptors (Lipinski definition) is 4. The molecule has 0 aliphatic carbocycles. The Morgan fingerprint density at radius 1 is 1.27 bits per heavy atom. The van der Waals surface area contributed by atoms with Crippen LogP contribution in [0.25, 0.3) is 11.2 Å². The van der Waals surface area contributed by atoms with Crippen molar-refractivity contribution in [1.82, 2.24) is 15.0 Å². The monoisotopic (exact) mass is 198 g/mol. The Kier molecular flexibility index (Phi) is 2.75. The summed E-state index contributed by atoms with van der Waals surface area (Å²) in [6.07, 6.45) is 3.28. The summed E-state index contributed by atoms with van der Waals surface area (Å²) < 4.78 is 0. The lowest BCUT2D eigenvalue weighted by molar-refractivity contribution is 1.20. The molecule has 0 amide bonds. The number of nitrogens with zero attached hydrogens (tertiary/aromatic N) is 3. The van der Waals surface area contributed by atoms with Crippen molar-refractivity contribution in [1.29, 1.82) is 0 Å². The van der Waals surface area contributed by atoms with Gasteiger partial charge < -0.3 is 5.32 Å². The van der Waals surface area contributed by atoms with Gasteiger partial charge in [-0.2, -0.15) is 0 Å². The third-order valence-electron chi connectivity index (χ3n) is 1.87. The van der Waals surface area contributed by atoms with Crippen LogP contribution in [0.4, 0.5) is 5.82 Å². The van der Waals surface area contributed by atoms with E-state index in [0.29, 0.717) is 12.2 Å². The topological polar surface area (TPSA) is 50.7 Å². The van der Waals surface area contributed by atoms with E-state index in [1.807, 2.05) is 12.1 Å². The van der Waals surface area contributed by atoms with Gasteiger partial charge in [-0.25, -0.2) is 9.97 Å². The smallest absolute Gasteiger partial charge is 0.180 e. The van der Waals surface area contributed by atoms with Gasteiger partial charge in [-0.05, 0) is 19.1 Å². The Labute approximate surface area is 87.8 Å². The van der Waals surface area contributed by atoms with Crippen molar-refractivity contribution in [3.8, 4) is 11.8 Å². The summed E-state index contributed by atoms with van der Waals surface area (Å²) in [6, 6.07) is 3.76. The van der Waals surface area contributed by atoms with Crippen LogP contribution in [0.3, 0.4) is 0 Å². The fraction of sp³-hybridized carbons (Fsp3) is 0.182. The lowest BCUT2D eigenvalue weighted by Gasteiger charge is -2.01. The molecule has 0 aliphatic heterocycles. The maximum Gasteiger partial charge on any atom is 0.180 e. The molecule has 0 spiro atoms. The molecule has 0 aromatic carbocycles. The van der Waals surface area contributed by atoms with Gasteiger partial charge >= 0.3 is 0 Å². The summed E-state index contributed by atoms with van der Waals surface area (Å²) in [5, 5.41) is 3.09. The quantitative estimate of drug-likeness (QED) is 0.742. The highest BCUT2D eigenvalue weighted by Gasteiger charge is 1.97. The highest BCUT2D eigenvalue weighted by atomic mass is 15.0. The summed E-state index contributed by atoms with van der Waals surface area (Å²) in [7, 11) is 0. The Hall–Kier alpha value is -2.15. The van der Waals surface area contributed by atoms with Crippen molar-refractivity contribution >= 4 is 17.0 Å². The first kappa shape index (κ1) is 9.41. The normalized spacial score (nSPS) is 9.40. The van der Waals surface area contributed by atoms with E-state index < -0.39 is 0 Å². The summed E-state index contributed by atoms with van der Waals surface area (Å²) in [5.74, 6) is 6.48. The summed E-state index contributed by atoms with van der Waals surface area (Å²) in [6.45, 7) is 2.40. The van der Waals surface area contributed by atoms with Crippen LogP contribution >= 0.6 is 0 Å². The second-order valence-electron chi connectivity index (χ2n) is 2.88. The molecule has 2 rings (SSSR count). The molecule has 74 valence electrons. The zero-order valence-corrected chi connectivity index (χ0v) is 8.36. The highest BCUT2D eigenvalue weighted by Crippen LogP contribution is 2.09. The second-order valence-corrected chi connectivity index (χ2v) is 2.88. The van der Waals surface area contributed by atoms with Gasteiger partial charge in [0.2, 0.25) is 0 Å². The van der Waals surface area contributed by atoms with Crippen molar-refractivity contribution in [2.75, 3.05) is 11.9 Å². The molecule has 4 heteroatoms.